The number of esters is 1. The number of amides is 1. The van der Waals surface area contributed by atoms with Gasteiger partial charge in [-0.1, -0.05) is 147 Å². The van der Waals surface area contributed by atoms with Gasteiger partial charge in [0, 0.05) is 19.4 Å². The Kier molecular flexibility index (Phi) is 32.6. The van der Waals surface area contributed by atoms with Crippen LogP contribution >= 0.6 is 0 Å². The Labute approximate surface area is 260 Å². The van der Waals surface area contributed by atoms with Crippen molar-refractivity contribution in [3.05, 3.63) is 24.3 Å². The molecule has 246 valence electrons. The summed E-state index contributed by atoms with van der Waals surface area (Å²) in [7, 11) is 0. The van der Waals surface area contributed by atoms with Crippen molar-refractivity contribution in [2.75, 3.05) is 13.2 Å². The molecule has 2 N–H and O–H groups in total. The number of aliphatic hydroxyl groups excluding tert-OH is 1. The molecule has 1 amide bonds. The van der Waals surface area contributed by atoms with Crippen LogP contribution in [0.3, 0.4) is 0 Å². The minimum Gasteiger partial charge on any atom is -0.463 e. The summed E-state index contributed by atoms with van der Waals surface area (Å²) < 4.78 is 5.19. The first-order valence-corrected chi connectivity index (χ1v) is 18.0. The Morgan fingerprint density at radius 3 is 1.57 bits per heavy atom. The third-order valence-corrected chi connectivity index (χ3v) is 7.81. The van der Waals surface area contributed by atoms with Crippen LogP contribution in [0.2, 0.25) is 0 Å². The third kappa shape index (κ3) is 32.9. The molecule has 0 aromatic rings. The quantitative estimate of drug-likeness (QED) is 0.0463. The number of carbonyl (C=O) groups excluding carboxylic acids is 2. The lowest BCUT2D eigenvalue weighted by Gasteiger charge is -2.12. The van der Waals surface area contributed by atoms with Crippen LogP contribution < -0.4 is 5.32 Å². The van der Waals surface area contributed by atoms with Gasteiger partial charge in [-0.15, -0.1) is 0 Å². The van der Waals surface area contributed by atoms with E-state index < -0.39 is 6.10 Å². The topological polar surface area (TPSA) is 75.6 Å². The molecule has 0 heterocycles. The summed E-state index contributed by atoms with van der Waals surface area (Å²) in [6.07, 6.45) is 38.5. The van der Waals surface area contributed by atoms with E-state index in [0.717, 1.165) is 44.9 Å². The highest BCUT2D eigenvalue weighted by Crippen LogP contribution is 2.13. The second-order valence-electron chi connectivity index (χ2n) is 12.1. The number of rotatable bonds is 32. The summed E-state index contributed by atoms with van der Waals surface area (Å²) in [5.74, 6) is -0.299. The molecule has 42 heavy (non-hydrogen) atoms. The van der Waals surface area contributed by atoms with Crippen LogP contribution in [0.1, 0.15) is 181 Å². The van der Waals surface area contributed by atoms with Gasteiger partial charge in [0.15, 0.2) is 0 Å². The average molecular weight is 592 g/mol. The van der Waals surface area contributed by atoms with Gasteiger partial charge in [-0.05, 0) is 44.9 Å². The number of carbonyl (C=O) groups is 2. The monoisotopic (exact) mass is 592 g/mol. The summed E-state index contributed by atoms with van der Waals surface area (Å²) in [4.78, 5) is 24.0. The first-order valence-electron chi connectivity index (χ1n) is 18.0. The van der Waals surface area contributed by atoms with Gasteiger partial charge in [0.2, 0.25) is 5.91 Å². The van der Waals surface area contributed by atoms with Gasteiger partial charge in [0.05, 0.1) is 0 Å². The largest absolute Gasteiger partial charge is 0.463 e. The zero-order chi connectivity index (χ0) is 30.8. The molecular weight excluding hydrogens is 522 g/mol. The highest BCUT2D eigenvalue weighted by molar-refractivity contribution is 5.75. The van der Waals surface area contributed by atoms with E-state index in [9.17, 15) is 14.7 Å². The van der Waals surface area contributed by atoms with E-state index in [-0.39, 0.29) is 25.0 Å². The van der Waals surface area contributed by atoms with Gasteiger partial charge in [0.25, 0.3) is 0 Å². The van der Waals surface area contributed by atoms with Crippen LogP contribution in [-0.2, 0) is 14.3 Å². The summed E-state index contributed by atoms with van der Waals surface area (Å²) in [6, 6.07) is 0. The smallest absolute Gasteiger partial charge is 0.305 e. The van der Waals surface area contributed by atoms with Gasteiger partial charge < -0.3 is 15.2 Å². The van der Waals surface area contributed by atoms with E-state index >= 15 is 0 Å². The maximum absolute atomic E-state index is 12.0. The lowest BCUT2D eigenvalue weighted by Crippen LogP contribution is -2.35. The molecule has 0 spiro atoms. The zero-order valence-electron chi connectivity index (χ0n) is 27.9. The number of ether oxygens (including phenoxy) is 1. The predicted molar refractivity (Wildman–Crippen MR) is 180 cm³/mol. The van der Waals surface area contributed by atoms with Crippen LogP contribution in [0.5, 0.6) is 0 Å². The standard InChI is InChI=1S/C37H69NO4/c1-3-5-7-9-11-13-15-17-18-20-21-23-25-27-29-31-36(40)38-33-35(39)34-42-37(41)32-30-28-26-24-22-19-16-14-12-10-8-6-4-2/h11,13,17-18,35,39H,3-10,12,14-16,19-34H2,1-2H3,(H,38,40). The Morgan fingerprint density at radius 1 is 0.595 bits per heavy atom. The predicted octanol–water partition coefficient (Wildman–Crippen LogP) is 10.3. The number of hydrogen-bond donors (Lipinski definition) is 2. The Hall–Kier alpha value is -1.62. The fourth-order valence-corrected chi connectivity index (χ4v) is 5.02. The number of aliphatic hydroxyl groups is 1. The van der Waals surface area contributed by atoms with Crippen molar-refractivity contribution in [3.8, 4) is 0 Å². The van der Waals surface area contributed by atoms with Crippen molar-refractivity contribution in [1.29, 1.82) is 0 Å². The minimum absolute atomic E-state index is 0.0435. The number of allylic oxidation sites excluding steroid dienone is 4. The highest BCUT2D eigenvalue weighted by Gasteiger charge is 2.10. The van der Waals surface area contributed by atoms with E-state index in [0.29, 0.717) is 12.8 Å². The molecule has 0 saturated carbocycles. The number of nitrogens with one attached hydrogen (secondary N) is 1. The van der Waals surface area contributed by atoms with E-state index in [1.165, 1.54) is 109 Å². The molecule has 0 saturated heterocycles. The fraction of sp³-hybridized carbons (Fsp3) is 0.838. The van der Waals surface area contributed by atoms with Crippen molar-refractivity contribution >= 4 is 11.9 Å². The molecular formula is C37H69NO4. The maximum Gasteiger partial charge on any atom is 0.305 e. The molecule has 0 aliphatic rings. The number of unbranched alkanes of at least 4 members (excludes halogenated alkanes) is 20. The Bertz CT molecular complexity index is 646. The molecule has 0 radical (unpaired) electrons. The number of hydrogen-bond acceptors (Lipinski definition) is 4. The van der Waals surface area contributed by atoms with Gasteiger partial charge in [0.1, 0.15) is 12.7 Å². The Balaban J connectivity index is 3.45. The summed E-state index contributed by atoms with van der Waals surface area (Å²) in [6.45, 7) is 4.57. The van der Waals surface area contributed by atoms with Gasteiger partial charge >= 0.3 is 5.97 Å². The molecule has 1 atom stereocenters. The van der Waals surface area contributed by atoms with E-state index in [1.807, 2.05) is 0 Å². The van der Waals surface area contributed by atoms with E-state index in [2.05, 4.69) is 43.5 Å². The Morgan fingerprint density at radius 2 is 1.02 bits per heavy atom. The maximum atomic E-state index is 12.0. The lowest BCUT2D eigenvalue weighted by atomic mass is 10.0. The fourth-order valence-electron chi connectivity index (χ4n) is 5.02. The molecule has 5 heteroatoms. The van der Waals surface area contributed by atoms with Crippen molar-refractivity contribution in [1.82, 2.24) is 5.32 Å². The molecule has 5 nitrogen and oxygen atoms in total. The molecule has 0 aromatic carbocycles. The van der Waals surface area contributed by atoms with Crippen molar-refractivity contribution < 1.29 is 19.4 Å². The second-order valence-corrected chi connectivity index (χ2v) is 12.1. The van der Waals surface area contributed by atoms with Crippen LogP contribution in [0.25, 0.3) is 0 Å². The van der Waals surface area contributed by atoms with Crippen molar-refractivity contribution in [2.24, 2.45) is 0 Å². The van der Waals surface area contributed by atoms with E-state index in [1.54, 1.807) is 0 Å². The van der Waals surface area contributed by atoms with Crippen LogP contribution in [-0.4, -0.2) is 36.2 Å². The molecule has 0 bridgehead atoms. The average Bonchev–Trinajstić information content (AvgIpc) is 2.99. The summed E-state index contributed by atoms with van der Waals surface area (Å²) in [5, 5.41) is 12.8. The van der Waals surface area contributed by atoms with E-state index in [4.69, 9.17) is 4.74 Å². The lowest BCUT2D eigenvalue weighted by molar-refractivity contribution is -0.146. The zero-order valence-corrected chi connectivity index (χ0v) is 27.9. The first kappa shape index (κ1) is 40.4. The van der Waals surface area contributed by atoms with Gasteiger partial charge in [-0.25, -0.2) is 0 Å². The van der Waals surface area contributed by atoms with Crippen molar-refractivity contribution in [3.63, 3.8) is 0 Å². The van der Waals surface area contributed by atoms with Crippen LogP contribution in [0.4, 0.5) is 0 Å². The molecule has 1 unspecified atom stereocenters. The molecule has 0 fully saturated rings. The normalized spacial score (nSPS) is 12.4. The van der Waals surface area contributed by atoms with Gasteiger partial charge in [-0.2, -0.15) is 0 Å². The molecule has 0 aliphatic heterocycles. The second kappa shape index (κ2) is 33.9. The molecule has 0 aliphatic carbocycles. The van der Waals surface area contributed by atoms with Crippen LogP contribution in [0, 0.1) is 0 Å². The summed E-state index contributed by atoms with van der Waals surface area (Å²) in [5.41, 5.74) is 0. The van der Waals surface area contributed by atoms with Crippen molar-refractivity contribution in [2.45, 2.75) is 187 Å². The molecule has 0 rings (SSSR count). The first-order chi connectivity index (χ1) is 20.6. The highest BCUT2D eigenvalue weighted by atomic mass is 16.5. The minimum atomic E-state index is -0.853. The third-order valence-electron chi connectivity index (χ3n) is 7.81. The molecule has 0 aromatic heterocycles. The SMILES string of the molecule is CCCCCC=CCC=CCCCCCCCC(=O)NCC(O)COC(=O)CCCCCCCCCCCCCCC. The van der Waals surface area contributed by atoms with Gasteiger partial charge in [-0.3, -0.25) is 9.59 Å². The summed E-state index contributed by atoms with van der Waals surface area (Å²) >= 11 is 0. The van der Waals surface area contributed by atoms with Crippen LogP contribution in [0.15, 0.2) is 24.3 Å².